The summed E-state index contributed by atoms with van der Waals surface area (Å²) in [6, 6.07) is 10.5. The number of benzene rings is 3. The Morgan fingerprint density at radius 2 is 0.816 bits per heavy atom. The van der Waals surface area contributed by atoms with Gasteiger partial charge in [-0.25, -0.2) is 8.78 Å². The second kappa shape index (κ2) is 10.0. The summed E-state index contributed by atoms with van der Waals surface area (Å²) in [5.41, 5.74) is -6.06. The van der Waals surface area contributed by atoms with Crippen molar-refractivity contribution in [2.24, 2.45) is 0 Å². The van der Waals surface area contributed by atoms with Crippen molar-refractivity contribution in [3.05, 3.63) is 81.7 Å². The molecule has 3 rings (SSSR count). The van der Waals surface area contributed by atoms with Gasteiger partial charge in [0, 0.05) is 21.6 Å². The molecule has 0 aliphatic heterocycles. The molecule has 0 radical (unpaired) electrons. The summed E-state index contributed by atoms with van der Waals surface area (Å²) in [6.45, 7) is 0. The van der Waals surface area contributed by atoms with E-state index in [9.17, 15) is 56.2 Å². The third-order valence-corrected chi connectivity index (χ3v) is 5.32. The fourth-order valence-electron chi connectivity index (χ4n) is 3.57. The average molecular weight is 528 g/mol. The molecule has 0 amide bonds. The van der Waals surface area contributed by atoms with Crippen molar-refractivity contribution in [3.8, 4) is 46.5 Å². The first-order chi connectivity index (χ1) is 17.8. The summed E-state index contributed by atoms with van der Waals surface area (Å²) < 4.78 is 108. The van der Waals surface area contributed by atoms with Gasteiger partial charge in [-0.2, -0.15) is 47.4 Å². The van der Waals surface area contributed by atoms with E-state index >= 15 is 0 Å². The quantitative estimate of drug-likeness (QED) is 0.397. The van der Waals surface area contributed by atoms with Crippen LogP contribution >= 0.6 is 0 Å². The van der Waals surface area contributed by atoms with E-state index in [1.165, 1.54) is 24.3 Å². The average Bonchev–Trinajstić information content (AvgIpc) is 2.85. The van der Waals surface area contributed by atoms with Crippen LogP contribution in [0.1, 0.15) is 11.1 Å². The zero-order chi connectivity index (χ0) is 28.4. The van der Waals surface area contributed by atoms with Crippen LogP contribution in [0.25, 0.3) is 33.4 Å². The normalized spacial score (nSPS) is 11.1. The van der Waals surface area contributed by atoms with Gasteiger partial charge >= 0.3 is 12.4 Å². The van der Waals surface area contributed by atoms with Crippen molar-refractivity contribution in [1.29, 1.82) is 21.0 Å². The molecule has 0 saturated carbocycles. The smallest absolute Gasteiger partial charge is 0.206 e. The predicted molar refractivity (Wildman–Crippen MR) is 116 cm³/mol. The van der Waals surface area contributed by atoms with Crippen LogP contribution in [0.5, 0.6) is 0 Å². The van der Waals surface area contributed by atoms with E-state index < -0.39 is 79.0 Å². The lowest BCUT2D eigenvalue weighted by atomic mass is 9.91. The van der Waals surface area contributed by atoms with Gasteiger partial charge in [0.2, 0.25) is 0 Å². The predicted octanol–water partition coefficient (Wildman–Crippen LogP) is 5.73. The molecule has 0 aromatic heterocycles. The molecule has 0 spiro atoms. The zero-order valence-electron chi connectivity index (χ0n) is 18.4. The van der Waals surface area contributed by atoms with Crippen LogP contribution < -0.4 is 10.4 Å². The number of halogens is 8. The standard InChI is InChI=1S/C26H8F8N4/c27-23-5-15(25(29,30)31)1-3-17(23)21-7-20(14(11-37)12-38)22(8-19(21)13(9-35)10-36)18-4-2-16(6-24(18)28)26(32,33)34/h1-8H. The minimum absolute atomic E-state index is 0.153. The van der Waals surface area contributed by atoms with Crippen LogP contribution in [0.4, 0.5) is 35.1 Å². The van der Waals surface area contributed by atoms with Gasteiger partial charge in [-0.3, -0.25) is 0 Å². The number of nitriles is 4. The monoisotopic (exact) mass is 528 g/mol. The van der Waals surface area contributed by atoms with E-state index in [1.54, 1.807) is 0 Å². The van der Waals surface area contributed by atoms with E-state index in [0.717, 1.165) is 12.1 Å². The molecule has 0 aliphatic rings. The van der Waals surface area contributed by atoms with Crippen molar-refractivity contribution in [1.82, 2.24) is 0 Å². The van der Waals surface area contributed by atoms with Gasteiger partial charge < -0.3 is 0 Å². The Morgan fingerprint density at radius 3 is 1.05 bits per heavy atom. The first kappa shape index (κ1) is 27.4. The summed E-state index contributed by atoms with van der Waals surface area (Å²) in [6.07, 6.45) is -9.81. The number of alkyl halides is 6. The second-order valence-electron chi connectivity index (χ2n) is 7.53. The summed E-state index contributed by atoms with van der Waals surface area (Å²) in [5, 5.41) is 36.8. The van der Waals surface area contributed by atoms with Crippen LogP contribution in [-0.4, -0.2) is 0 Å². The highest BCUT2D eigenvalue weighted by atomic mass is 19.4. The summed E-state index contributed by atoms with van der Waals surface area (Å²) in [7, 11) is 0. The van der Waals surface area contributed by atoms with Gasteiger partial charge in [-0.05, 0) is 47.5 Å². The maximum atomic E-state index is 14.9. The molecule has 0 aliphatic carbocycles. The molecule has 4 nitrogen and oxygen atoms in total. The Morgan fingerprint density at radius 1 is 0.500 bits per heavy atom. The topological polar surface area (TPSA) is 95.2 Å². The fourth-order valence-corrected chi connectivity index (χ4v) is 3.57. The summed E-state index contributed by atoms with van der Waals surface area (Å²) in [4.78, 5) is 0. The van der Waals surface area contributed by atoms with Crippen LogP contribution in [-0.2, 0) is 12.4 Å². The molecule has 0 saturated heterocycles. The van der Waals surface area contributed by atoms with Crippen molar-refractivity contribution < 1.29 is 35.1 Å². The Labute approximate surface area is 208 Å². The third kappa shape index (κ3) is 5.16. The molecule has 0 atom stereocenters. The minimum atomic E-state index is -4.91. The Balaban J connectivity index is 2.56. The fraction of sp³-hybridized carbons (Fsp3) is 0.0769. The highest BCUT2D eigenvalue weighted by molar-refractivity contribution is 5.85. The molecule has 3 aromatic rings. The van der Waals surface area contributed by atoms with Gasteiger partial charge in [-0.1, -0.05) is 12.1 Å². The Kier molecular flexibility index (Phi) is 7.24. The molecule has 188 valence electrons. The third-order valence-electron chi connectivity index (χ3n) is 5.32. The largest absolute Gasteiger partial charge is 0.416 e. The SMILES string of the molecule is N#CC(C#N)=c1cc(-c2ccc(C(F)(F)F)cc2F)c(=C(C#N)C#N)cc1-c1ccc(C(F)(F)F)cc1F. The second-order valence-corrected chi connectivity index (χ2v) is 7.53. The molecular weight excluding hydrogens is 520 g/mol. The highest BCUT2D eigenvalue weighted by Crippen LogP contribution is 2.34. The number of rotatable bonds is 2. The number of hydrogen-bond donors (Lipinski definition) is 0. The van der Waals surface area contributed by atoms with E-state index in [2.05, 4.69) is 0 Å². The van der Waals surface area contributed by atoms with Crippen LogP contribution in [0.15, 0.2) is 48.5 Å². The van der Waals surface area contributed by atoms with Crippen molar-refractivity contribution >= 4 is 11.1 Å². The van der Waals surface area contributed by atoms with Crippen LogP contribution in [0.3, 0.4) is 0 Å². The molecule has 0 fully saturated rings. The maximum Gasteiger partial charge on any atom is 0.416 e. The molecule has 0 N–H and O–H groups in total. The van der Waals surface area contributed by atoms with E-state index in [0.29, 0.717) is 24.3 Å². The molecule has 12 heteroatoms. The summed E-state index contributed by atoms with van der Waals surface area (Å²) >= 11 is 0. The molecule has 3 aromatic carbocycles. The van der Waals surface area contributed by atoms with Crippen LogP contribution in [0, 0.1) is 57.0 Å². The maximum absolute atomic E-state index is 14.9. The lowest BCUT2D eigenvalue weighted by Crippen LogP contribution is -2.20. The lowest BCUT2D eigenvalue weighted by Gasteiger charge is -2.14. The summed E-state index contributed by atoms with van der Waals surface area (Å²) in [5.74, 6) is -2.88. The van der Waals surface area contributed by atoms with Gasteiger partial charge in [-0.15, -0.1) is 0 Å². The first-order valence-electron chi connectivity index (χ1n) is 10.0. The van der Waals surface area contributed by atoms with Gasteiger partial charge in [0.25, 0.3) is 0 Å². The molecule has 0 heterocycles. The van der Waals surface area contributed by atoms with Gasteiger partial charge in [0.1, 0.15) is 47.1 Å². The van der Waals surface area contributed by atoms with Gasteiger partial charge in [0.15, 0.2) is 0 Å². The van der Waals surface area contributed by atoms with Crippen molar-refractivity contribution in [2.75, 3.05) is 0 Å². The Hall–Kier alpha value is -5.20. The van der Waals surface area contributed by atoms with E-state index in [1.807, 2.05) is 0 Å². The molecular formula is C26H8F8N4. The number of hydrogen-bond acceptors (Lipinski definition) is 4. The number of nitrogens with zero attached hydrogens (tertiary/aromatic N) is 4. The molecule has 0 unspecified atom stereocenters. The minimum Gasteiger partial charge on any atom is -0.206 e. The Bertz CT molecular complexity index is 1590. The van der Waals surface area contributed by atoms with E-state index in [-0.39, 0.29) is 12.1 Å². The first-order valence-corrected chi connectivity index (χ1v) is 10.0. The van der Waals surface area contributed by atoms with Crippen molar-refractivity contribution in [2.45, 2.75) is 12.4 Å². The molecule has 38 heavy (non-hydrogen) atoms. The lowest BCUT2D eigenvalue weighted by molar-refractivity contribution is -0.138. The zero-order valence-corrected chi connectivity index (χ0v) is 18.4. The van der Waals surface area contributed by atoms with Crippen molar-refractivity contribution in [3.63, 3.8) is 0 Å². The van der Waals surface area contributed by atoms with Gasteiger partial charge in [0.05, 0.1) is 11.1 Å². The molecule has 0 bridgehead atoms. The highest BCUT2D eigenvalue weighted by Gasteiger charge is 2.32. The van der Waals surface area contributed by atoms with Crippen LogP contribution in [0.2, 0.25) is 0 Å². The van der Waals surface area contributed by atoms with E-state index in [4.69, 9.17) is 0 Å².